The number of hydrogen-bond donors (Lipinski definition) is 4. The van der Waals surface area contributed by atoms with Crippen LogP contribution in [0.2, 0.25) is 0 Å². The number of nitrogen functional groups attached to an aromatic ring is 2. The van der Waals surface area contributed by atoms with Crippen LogP contribution in [0, 0.1) is 0 Å². The number of esters is 2. The number of hydrogen-bond acceptors (Lipinski definition) is 8. The van der Waals surface area contributed by atoms with Crippen LogP contribution in [-0.2, 0) is 19.1 Å². The van der Waals surface area contributed by atoms with Crippen LogP contribution >= 0.6 is 0 Å². The summed E-state index contributed by atoms with van der Waals surface area (Å²) in [5.74, 6) is -0.778. The molecule has 0 radical (unpaired) electrons. The van der Waals surface area contributed by atoms with E-state index in [2.05, 4.69) is 10.6 Å². The van der Waals surface area contributed by atoms with Crippen molar-refractivity contribution in [3.8, 4) is 0 Å². The highest BCUT2D eigenvalue weighted by Crippen LogP contribution is 2.29. The van der Waals surface area contributed by atoms with Crippen molar-refractivity contribution in [2.45, 2.75) is 13.8 Å². The van der Waals surface area contributed by atoms with Gasteiger partial charge in [-0.1, -0.05) is 0 Å². The average molecular weight is 310 g/mol. The molecule has 1 aromatic rings. The van der Waals surface area contributed by atoms with Crippen LogP contribution in [0.3, 0.4) is 0 Å². The van der Waals surface area contributed by atoms with Gasteiger partial charge in [0.1, 0.15) is 13.1 Å². The minimum atomic E-state index is -0.389. The molecule has 0 bridgehead atoms. The van der Waals surface area contributed by atoms with Gasteiger partial charge in [-0.15, -0.1) is 0 Å². The fourth-order valence-electron chi connectivity index (χ4n) is 1.70. The predicted molar refractivity (Wildman–Crippen MR) is 85.5 cm³/mol. The third-order valence-corrected chi connectivity index (χ3v) is 2.68. The molecule has 0 saturated heterocycles. The van der Waals surface area contributed by atoms with E-state index in [9.17, 15) is 9.59 Å². The van der Waals surface area contributed by atoms with Gasteiger partial charge in [0, 0.05) is 0 Å². The molecule has 0 heterocycles. The summed E-state index contributed by atoms with van der Waals surface area (Å²) in [5, 5.41) is 5.73. The molecular weight excluding hydrogens is 288 g/mol. The van der Waals surface area contributed by atoms with Crippen molar-refractivity contribution in [2.24, 2.45) is 0 Å². The lowest BCUT2D eigenvalue weighted by Crippen LogP contribution is -2.19. The van der Waals surface area contributed by atoms with Crippen LogP contribution in [0.5, 0.6) is 0 Å². The first-order chi connectivity index (χ1) is 10.5. The molecule has 122 valence electrons. The van der Waals surface area contributed by atoms with Gasteiger partial charge < -0.3 is 31.6 Å². The van der Waals surface area contributed by atoms with Crippen molar-refractivity contribution in [3.63, 3.8) is 0 Å². The summed E-state index contributed by atoms with van der Waals surface area (Å²) in [5.41, 5.74) is 13.5. The first kappa shape index (κ1) is 17.4. The van der Waals surface area contributed by atoms with E-state index in [1.165, 1.54) is 0 Å². The lowest BCUT2D eigenvalue weighted by Gasteiger charge is -2.14. The zero-order chi connectivity index (χ0) is 16.5. The van der Waals surface area contributed by atoms with Gasteiger partial charge in [0.15, 0.2) is 0 Å². The number of ether oxygens (including phenoxy) is 2. The highest BCUT2D eigenvalue weighted by Gasteiger charge is 2.09. The summed E-state index contributed by atoms with van der Waals surface area (Å²) in [6, 6.07) is 3.17. The monoisotopic (exact) mass is 310 g/mol. The van der Waals surface area contributed by atoms with E-state index >= 15 is 0 Å². The molecule has 0 aliphatic rings. The van der Waals surface area contributed by atoms with Gasteiger partial charge >= 0.3 is 11.9 Å². The molecule has 0 unspecified atom stereocenters. The van der Waals surface area contributed by atoms with Crippen LogP contribution in [-0.4, -0.2) is 38.2 Å². The Morgan fingerprint density at radius 3 is 1.68 bits per heavy atom. The van der Waals surface area contributed by atoms with E-state index in [0.717, 1.165) is 0 Å². The Balaban J connectivity index is 2.72. The van der Waals surface area contributed by atoms with Gasteiger partial charge in [-0.05, 0) is 26.0 Å². The lowest BCUT2D eigenvalue weighted by atomic mass is 10.2. The number of anilines is 4. The molecule has 6 N–H and O–H groups in total. The zero-order valence-electron chi connectivity index (χ0n) is 12.8. The topological polar surface area (TPSA) is 129 Å². The first-order valence-corrected chi connectivity index (χ1v) is 6.95. The first-order valence-electron chi connectivity index (χ1n) is 6.95. The molecule has 0 aromatic heterocycles. The second-order valence-electron chi connectivity index (χ2n) is 4.34. The van der Waals surface area contributed by atoms with Crippen molar-refractivity contribution in [1.82, 2.24) is 0 Å². The van der Waals surface area contributed by atoms with Gasteiger partial charge in [0.2, 0.25) is 0 Å². The van der Waals surface area contributed by atoms with Crippen LogP contribution in [0.25, 0.3) is 0 Å². The number of benzene rings is 1. The smallest absolute Gasteiger partial charge is 0.325 e. The van der Waals surface area contributed by atoms with Gasteiger partial charge in [0.25, 0.3) is 0 Å². The number of nitrogens with one attached hydrogen (secondary N) is 2. The second-order valence-corrected chi connectivity index (χ2v) is 4.34. The molecule has 0 amide bonds. The second kappa shape index (κ2) is 8.60. The maximum Gasteiger partial charge on any atom is 0.325 e. The number of carbonyl (C=O) groups is 2. The third-order valence-electron chi connectivity index (χ3n) is 2.68. The van der Waals surface area contributed by atoms with E-state index in [1.807, 2.05) is 0 Å². The van der Waals surface area contributed by atoms with Gasteiger partial charge in [-0.2, -0.15) is 0 Å². The molecule has 8 heteroatoms. The Morgan fingerprint density at radius 2 is 1.32 bits per heavy atom. The lowest BCUT2D eigenvalue weighted by molar-refractivity contribution is -0.141. The molecule has 8 nitrogen and oxygen atoms in total. The van der Waals surface area contributed by atoms with E-state index in [-0.39, 0.29) is 25.0 Å². The normalized spacial score (nSPS) is 9.91. The number of nitrogens with two attached hydrogens (primary N) is 2. The van der Waals surface area contributed by atoms with Crippen LogP contribution in [0.1, 0.15) is 13.8 Å². The molecule has 1 rings (SSSR count). The molecule has 1 aromatic carbocycles. The Bertz CT molecular complexity index is 491. The highest BCUT2D eigenvalue weighted by molar-refractivity contribution is 5.85. The quantitative estimate of drug-likeness (QED) is 0.410. The van der Waals surface area contributed by atoms with Crippen molar-refractivity contribution in [3.05, 3.63) is 12.1 Å². The predicted octanol–water partition coefficient (Wildman–Crippen LogP) is 0.801. The Morgan fingerprint density at radius 1 is 0.909 bits per heavy atom. The van der Waals surface area contributed by atoms with Gasteiger partial charge in [-0.3, -0.25) is 9.59 Å². The Labute approximate surface area is 129 Å². The Hall–Kier alpha value is -2.64. The van der Waals surface area contributed by atoms with E-state index < -0.39 is 0 Å². The Kier molecular flexibility index (Phi) is 6.81. The van der Waals surface area contributed by atoms with Crippen LogP contribution < -0.4 is 22.1 Å². The summed E-state index contributed by atoms with van der Waals surface area (Å²) >= 11 is 0. The minimum Gasteiger partial charge on any atom is -0.465 e. The molecular formula is C14H22N4O4. The van der Waals surface area contributed by atoms with Crippen molar-refractivity contribution in [1.29, 1.82) is 0 Å². The van der Waals surface area contributed by atoms with Crippen LogP contribution in [0.15, 0.2) is 12.1 Å². The van der Waals surface area contributed by atoms with E-state index in [1.54, 1.807) is 26.0 Å². The molecule has 0 aliphatic carbocycles. The SMILES string of the molecule is CCOC(=O)CNc1cc(NCC(=O)OCC)c(N)cc1N. The summed E-state index contributed by atoms with van der Waals surface area (Å²) in [7, 11) is 0. The average Bonchev–Trinajstić information content (AvgIpc) is 2.46. The zero-order valence-corrected chi connectivity index (χ0v) is 12.8. The largest absolute Gasteiger partial charge is 0.465 e. The van der Waals surface area contributed by atoms with E-state index in [4.69, 9.17) is 20.9 Å². The van der Waals surface area contributed by atoms with Crippen molar-refractivity contribution >= 4 is 34.7 Å². The molecule has 0 saturated carbocycles. The van der Waals surface area contributed by atoms with E-state index in [0.29, 0.717) is 36.0 Å². The van der Waals surface area contributed by atoms with Gasteiger partial charge in [0.05, 0.1) is 36.0 Å². The summed E-state index contributed by atoms with van der Waals surface area (Å²) in [6.45, 7) is 4.05. The molecule has 0 aliphatic heterocycles. The standard InChI is InChI=1S/C14H22N4O4/c1-3-21-13(19)7-17-11-6-12(10(16)5-9(11)15)18-8-14(20)22-4-2/h5-6,17-18H,3-4,7-8,15-16H2,1-2H3. The highest BCUT2D eigenvalue weighted by atomic mass is 16.5. The number of carbonyl (C=O) groups excluding carboxylic acids is 2. The molecule has 0 fully saturated rings. The molecule has 22 heavy (non-hydrogen) atoms. The molecule has 0 spiro atoms. The molecule has 0 atom stereocenters. The fraction of sp³-hybridized carbons (Fsp3) is 0.429. The van der Waals surface area contributed by atoms with Crippen molar-refractivity contribution in [2.75, 3.05) is 48.4 Å². The van der Waals surface area contributed by atoms with Crippen molar-refractivity contribution < 1.29 is 19.1 Å². The maximum atomic E-state index is 11.3. The maximum absolute atomic E-state index is 11.3. The summed E-state index contributed by atoms with van der Waals surface area (Å²) in [4.78, 5) is 22.7. The van der Waals surface area contributed by atoms with Gasteiger partial charge in [-0.25, -0.2) is 0 Å². The summed E-state index contributed by atoms with van der Waals surface area (Å²) < 4.78 is 9.64. The minimum absolute atomic E-state index is 0.0146. The fourth-order valence-corrected chi connectivity index (χ4v) is 1.70. The van der Waals surface area contributed by atoms with Crippen LogP contribution in [0.4, 0.5) is 22.7 Å². The number of rotatable bonds is 8. The third kappa shape index (κ3) is 5.39. The summed E-state index contributed by atoms with van der Waals surface area (Å²) in [6.07, 6.45) is 0.